The van der Waals surface area contributed by atoms with Gasteiger partial charge in [-0.3, -0.25) is 0 Å². The van der Waals surface area contributed by atoms with Crippen molar-refractivity contribution in [3.8, 4) is 0 Å². The second-order valence-corrected chi connectivity index (χ2v) is 7.01. The van der Waals surface area contributed by atoms with Crippen LogP contribution in [0.3, 0.4) is 0 Å². The van der Waals surface area contributed by atoms with E-state index in [4.69, 9.17) is 17.3 Å². The molecule has 3 aromatic heterocycles. The summed E-state index contributed by atoms with van der Waals surface area (Å²) in [5, 5.41) is 9.74. The summed E-state index contributed by atoms with van der Waals surface area (Å²) in [6.45, 7) is 3.42. The maximum atomic E-state index is 15.0. The van der Waals surface area contributed by atoms with Gasteiger partial charge >= 0.3 is 0 Å². The molecule has 0 unspecified atom stereocenters. The highest BCUT2D eigenvalue weighted by molar-refractivity contribution is 7.09. The first-order chi connectivity index (χ1) is 11.9. The quantitative estimate of drug-likeness (QED) is 0.680. The highest BCUT2D eigenvalue weighted by Gasteiger charge is 2.24. The van der Waals surface area contributed by atoms with Crippen LogP contribution in [-0.4, -0.2) is 31.8 Å². The topological polar surface area (TPSA) is 81.1 Å². The van der Waals surface area contributed by atoms with Gasteiger partial charge < -0.3 is 11.1 Å². The zero-order valence-electron chi connectivity index (χ0n) is 13.6. The van der Waals surface area contributed by atoms with Crippen molar-refractivity contribution in [3.63, 3.8) is 0 Å². The Morgan fingerprint density at radius 1 is 1.48 bits per heavy atom. The third-order valence-electron chi connectivity index (χ3n) is 3.97. The van der Waals surface area contributed by atoms with Gasteiger partial charge in [-0.1, -0.05) is 0 Å². The van der Waals surface area contributed by atoms with E-state index in [0.29, 0.717) is 17.8 Å². The Morgan fingerprint density at radius 3 is 2.88 bits per heavy atom. The van der Waals surface area contributed by atoms with Gasteiger partial charge in [0.05, 0.1) is 6.54 Å². The first-order valence-electron chi connectivity index (χ1n) is 7.63. The van der Waals surface area contributed by atoms with Gasteiger partial charge in [0.15, 0.2) is 11.6 Å². The van der Waals surface area contributed by atoms with Gasteiger partial charge in [0.25, 0.3) is 0 Å². The van der Waals surface area contributed by atoms with Crippen molar-refractivity contribution in [1.29, 1.82) is 0 Å². The summed E-state index contributed by atoms with van der Waals surface area (Å²) in [6.07, 6.45) is 0.491. The molecule has 0 spiro atoms. The van der Waals surface area contributed by atoms with Crippen molar-refractivity contribution >= 4 is 34.3 Å². The number of hydrogen-bond donors (Lipinski definition) is 2. The maximum Gasteiger partial charge on any atom is 0.243 e. The lowest BCUT2D eigenvalue weighted by atomic mass is 10.0. The van der Waals surface area contributed by atoms with Gasteiger partial charge in [0.1, 0.15) is 16.7 Å². The molecular formula is C15H17ClF2N6S. The van der Waals surface area contributed by atoms with Crippen molar-refractivity contribution in [2.75, 3.05) is 5.32 Å². The third kappa shape index (κ3) is 3.58. The van der Waals surface area contributed by atoms with E-state index in [1.807, 2.05) is 5.38 Å². The molecule has 3 rings (SSSR count). The number of hydrogen-bond acceptors (Lipinski definition) is 6. The standard InChI is InChI=1S/C15H17ClF2N6S/c1-7(17)10(19)5-9-8(2)24-13(12(9)18)14(22-15(16)23-24)21-6-11-20-3-4-25-11/h3-4,7,10H,5-6,19H2,1-2H3,(H,21,22,23)/t7-,10+/m0/s1. The van der Waals surface area contributed by atoms with E-state index < -0.39 is 18.0 Å². The molecule has 134 valence electrons. The van der Waals surface area contributed by atoms with Crippen LogP contribution in [0.1, 0.15) is 23.2 Å². The molecule has 0 aliphatic rings. The Labute approximate surface area is 152 Å². The minimum Gasteiger partial charge on any atom is -0.362 e. The van der Waals surface area contributed by atoms with Gasteiger partial charge in [-0.15, -0.1) is 16.4 Å². The number of aromatic nitrogens is 4. The van der Waals surface area contributed by atoms with E-state index >= 15 is 0 Å². The zero-order chi connectivity index (χ0) is 18.1. The zero-order valence-corrected chi connectivity index (χ0v) is 15.2. The molecule has 0 bridgehead atoms. The van der Waals surface area contributed by atoms with E-state index in [1.165, 1.54) is 22.8 Å². The van der Waals surface area contributed by atoms with Crippen LogP contribution in [0.25, 0.3) is 5.52 Å². The second-order valence-electron chi connectivity index (χ2n) is 5.69. The number of nitrogens with zero attached hydrogens (tertiary/aromatic N) is 4. The normalized spacial score (nSPS) is 14.0. The minimum atomic E-state index is -1.25. The van der Waals surface area contributed by atoms with Crippen molar-refractivity contribution in [2.45, 2.75) is 39.0 Å². The Bertz CT molecular complexity index is 880. The summed E-state index contributed by atoms with van der Waals surface area (Å²) in [4.78, 5) is 8.24. The lowest BCUT2D eigenvalue weighted by Gasteiger charge is -2.12. The molecule has 0 radical (unpaired) electrons. The van der Waals surface area contributed by atoms with Crippen LogP contribution in [0, 0.1) is 12.7 Å². The van der Waals surface area contributed by atoms with Crippen LogP contribution >= 0.6 is 22.9 Å². The first kappa shape index (κ1) is 18.0. The van der Waals surface area contributed by atoms with Crippen LogP contribution in [0.4, 0.5) is 14.6 Å². The lowest BCUT2D eigenvalue weighted by Crippen LogP contribution is -2.32. The molecule has 0 amide bonds. The summed E-state index contributed by atoms with van der Waals surface area (Å²) < 4.78 is 29.8. The molecule has 10 heteroatoms. The minimum absolute atomic E-state index is 0.0260. The number of halogens is 3. The van der Waals surface area contributed by atoms with Crippen LogP contribution in [0.5, 0.6) is 0 Å². The number of nitrogens with one attached hydrogen (secondary N) is 1. The van der Waals surface area contributed by atoms with Gasteiger partial charge in [-0.05, 0) is 31.9 Å². The number of rotatable bonds is 6. The van der Waals surface area contributed by atoms with Crippen LogP contribution in [0.2, 0.25) is 5.28 Å². The Morgan fingerprint density at radius 2 is 2.24 bits per heavy atom. The monoisotopic (exact) mass is 386 g/mol. The SMILES string of the molecule is Cc1c(C[C@@H](N)[C@H](C)F)c(F)c2c(NCc3nccs3)nc(Cl)nn12. The fourth-order valence-electron chi connectivity index (χ4n) is 2.53. The largest absolute Gasteiger partial charge is 0.362 e. The van der Waals surface area contributed by atoms with Gasteiger partial charge in [0, 0.05) is 28.9 Å². The molecule has 3 heterocycles. The molecule has 0 aliphatic heterocycles. The lowest BCUT2D eigenvalue weighted by molar-refractivity contribution is 0.302. The molecule has 0 aromatic carbocycles. The summed E-state index contributed by atoms with van der Waals surface area (Å²) >= 11 is 7.44. The number of alkyl halides is 1. The van der Waals surface area contributed by atoms with Gasteiger partial charge in [0.2, 0.25) is 5.28 Å². The van der Waals surface area contributed by atoms with Gasteiger partial charge in [-0.2, -0.15) is 4.98 Å². The number of thiazole rings is 1. The van der Waals surface area contributed by atoms with Crippen molar-refractivity contribution in [3.05, 3.63) is 38.9 Å². The Hall–Kier alpha value is -1.84. The summed E-state index contributed by atoms with van der Waals surface area (Å²) in [5.41, 5.74) is 6.75. The first-order valence-corrected chi connectivity index (χ1v) is 8.89. The van der Waals surface area contributed by atoms with E-state index in [1.54, 1.807) is 13.1 Å². The Balaban J connectivity index is 2.02. The number of anilines is 1. The van der Waals surface area contributed by atoms with E-state index in [-0.39, 0.29) is 23.0 Å². The molecule has 3 N–H and O–H groups in total. The van der Waals surface area contributed by atoms with E-state index in [0.717, 1.165) is 5.01 Å². The highest BCUT2D eigenvalue weighted by Crippen LogP contribution is 2.28. The number of nitrogens with two attached hydrogens (primary N) is 1. The molecular weight excluding hydrogens is 370 g/mol. The predicted octanol–water partition coefficient (Wildman–Crippen LogP) is 3.13. The van der Waals surface area contributed by atoms with Crippen LogP contribution in [-0.2, 0) is 13.0 Å². The van der Waals surface area contributed by atoms with Crippen LogP contribution < -0.4 is 11.1 Å². The predicted molar refractivity (Wildman–Crippen MR) is 94.4 cm³/mol. The molecule has 0 fully saturated rings. The fraction of sp³-hybridized carbons (Fsp3) is 0.400. The number of aryl methyl sites for hydroxylation is 1. The average Bonchev–Trinajstić information content (AvgIpc) is 3.15. The highest BCUT2D eigenvalue weighted by atomic mass is 35.5. The molecule has 3 aromatic rings. The van der Waals surface area contributed by atoms with Crippen LogP contribution in [0.15, 0.2) is 11.6 Å². The number of fused-ring (bicyclic) bond motifs is 1. The fourth-order valence-corrected chi connectivity index (χ4v) is 3.24. The summed E-state index contributed by atoms with van der Waals surface area (Å²) in [7, 11) is 0. The van der Waals surface area contributed by atoms with Gasteiger partial charge in [-0.25, -0.2) is 18.3 Å². The van der Waals surface area contributed by atoms with E-state index in [2.05, 4.69) is 20.4 Å². The molecule has 2 atom stereocenters. The molecule has 6 nitrogen and oxygen atoms in total. The second kappa shape index (κ2) is 7.19. The van der Waals surface area contributed by atoms with Crippen molar-refractivity contribution in [2.24, 2.45) is 5.73 Å². The molecule has 0 saturated carbocycles. The third-order valence-corrected chi connectivity index (χ3v) is 4.91. The van der Waals surface area contributed by atoms with Crippen molar-refractivity contribution < 1.29 is 8.78 Å². The molecule has 0 aliphatic carbocycles. The van der Waals surface area contributed by atoms with Crippen molar-refractivity contribution in [1.82, 2.24) is 19.6 Å². The average molecular weight is 387 g/mol. The van der Waals surface area contributed by atoms with E-state index in [9.17, 15) is 8.78 Å². The summed E-state index contributed by atoms with van der Waals surface area (Å²) in [5.74, 6) is -0.268. The summed E-state index contributed by atoms with van der Waals surface area (Å²) in [6, 6.07) is -0.805. The smallest absolute Gasteiger partial charge is 0.243 e. The maximum absolute atomic E-state index is 15.0. The molecule has 0 saturated heterocycles. The molecule has 25 heavy (non-hydrogen) atoms. The Kier molecular flexibility index (Phi) is 5.16.